The van der Waals surface area contributed by atoms with Crippen LogP contribution in [0.15, 0.2) is 32.3 Å². The third-order valence-corrected chi connectivity index (χ3v) is 3.61. The van der Waals surface area contributed by atoms with E-state index in [1.165, 1.54) is 0 Å². The number of aliphatic carboxylic acids is 1. The Kier molecular flexibility index (Phi) is 4.26. The minimum Gasteiger partial charge on any atom is -0.481 e. The Labute approximate surface area is 120 Å². The molecule has 94 valence electrons. The maximum Gasteiger partial charge on any atom is 0.314 e. The summed E-state index contributed by atoms with van der Waals surface area (Å²) in [6.45, 7) is 0. The van der Waals surface area contributed by atoms with Crippen LogP contribution in [-0.2, 0) is 4.79 Å². The second kappa shape index (κ2) is 5.73. The van der Waals surface area contributed by atoms with Crippen LogP contribution < -0.4 is 0 Å². The van der Waals surface area contributed by atoms with E-state index in [4.69, 9.17) is 21.1 Å². The van der Waals surface area contributed by atoms with Crippen LogP contribution in [0, 0.1) is 0 Å². The Hall–Kier alpha value is -1.05. The van der Waals surface area contributed by atoms with E-state index < -0.39 is 5.97 Å². The first-order valence-corrected chi connectivity index (χ1v) is 6.85. The summed E-state index contributed by atoms with van der Waals surface area (Å²) in [4.78, 5) is 10.4. The lowest BCUT2D eigenvalue weighted by molar-refractivity contribution is -0.133. The number of benzene rings is 1. The number of carboxylic acids is 1. The summed E-state index contributed by atoms with van der Waals surface area (Å²) in [6, 6.07) is 5.18. The van der Waals surface area contributed by atoms with Crippen LogP contribution in [0.2, 0.25) is 5.02 Å². The van der Waals surface area contributed by atoms with Crippen molar-refractivity contribution in [2.24, 2.45) is 0 Å². The summed E-state index contributed by atoms with van der Waals surface area (Å²) in [5, 5.41) is 16.9. The molecule has 2 rings (SSSR count). The van der Waals surface area contributed by atoms with Gasteiger partial charge in [-0.1, -0.05) is 23.4 Å². The average molecular weight is 350 g/mol. The number of thioether (sulfide) groups is 1. The highest BCUT2D eigenvalue weighted by Gasteiger charge is 2.13. The maximum absolute atomic E-state index is 10.4. The van der Waals surface area contributed by atoms with Crippen molar-refractivity contribution in [3.05, 3.63) is 27.7 Å². The van der Waals surface area contributed by atoms with E-state index >= 15 is 0 Å². The second-order valence-electron chi connectivity index (χ2n) is 3.18. The fourth-order valence-corrected chi connectivity index (χ4v) is 2.23. The summed E-state index contributed by atoms with van der Waals surface area (Å²) in [5.74, 6) is -0.779. The van der Waals surface area contributed by atoms with Crippen molar-refractivity contribution in [1.82, 2.24) is 10.2 Å². The van der Waals surface area contributed by atoms with E-state index in [9.17, 15) is 4.79 Å². The van der Waals surface area contributed by atoms with Crippen LogP contribution in [0.1, 0.15) is 0 Å². The molecule has 0 amide bonds. The lowest BCUT2D eigenvalue weighted by Gasteiger charge is -1.99. The van der Waals surface area contributed by atoms with Crippen molar-refractivity contribution in [2.45, 2.75) is 5.22 Å². The molecule has 1 aromatic heterocycles. The van der Waals surface area contributed by atoms with Crippen molar-refractivity contribution in [2.75, 3.05) is 5.75 Å². The molecule has 1 N–H and O–H groups in total. The number of aromatic nitrogens is 2. The molecule has 0 atom stereocenters. The van der Waals surface area contributed by atoms with Crippen LogP contribution in [0.25, 0.3) is 11.5 Å². The largest absolute Gasteiger partial charge is 0.481 e. The highest BCUT2D eigenvalue weighted by atomic mass is 79.9. The number of hydrogen-bond donors (Lipinski definition) is 1. The number of carboxylic acid groups (broad SMARTS) is 1. The first-order valence-electron chi connectivity index (χ1n) is 4.70. The normalized spacial score (nSPS) is 10.6. The monoisotopic (exact) mass is 348 g/mol. The highest BCUT2D eigenvalue weighted by molar-refractivity contribution is 9.10. The molecule has 0 aliphatic heterocycles. The average Bonchev–Trinajstić information content (AvgIpc) is 2.78. The van der Waals surface area contributed by atoms with Crippen molar-refractivity contribution < 1.29 is 14.3 Å². The van der Waals surface area contributed by atoms with Gasteiger partial charge in [-0.3, -0.25) is 4.79 Å². The van der Waals surface area contributed by atoms with E-state index in [1.807, 2.05) is 0 Å². The fraction of sp³-hybridized carbons (Fsp3) is 0.100. The van der Waals surface area contributed by atoms with Crippen LogP contribution in [0.5, 0.6) is 0 Å². The second-order valence-corrected chi connectivity index (χ2v) is 5.40. The van der Waals surface area contributed by atoms with Gasteiger partial charge in [-0.05, 0) is 34.1 Å². The maximum atomic E-state index is 10.4. The van der Waals surface area contributed by atoms with Crippen LogP contribution in [0.4, 0.5) is 0 Å². The van der Waals surface area contributed by atoms with E-state index in [-0.39, 0.29) is 16.9 Å². The first-order chi connectivity index (χ1) is 8.56. The Morgan fingerprint density at radius 2 is 2.28 bits per heavy atom. The van der Waals surface area contributed by atoms with E-state index in [2.05, 4.69) is 26.1 Å². The molecule has 0 aliphatic carbocycles. The molecule has 0 spiro atoms. The SMILES string of the molecule is O=C(O)CSc1nnc(-c2cc(Cl)ccc2Br)o1. The van der Waals surface area contributed by atoms with Gasteiger partial charge >= 0.3 is 5.97 Å². The number of rotatable bonds is 4. The summed E-state index contributed by atoms with van der Waals surface area (Å²) in [6.07, 6.45) is 0. The highest BCUT2D eigenvalue weighted by Crippen LogP contribution is 2.31. The molecule has 0 aliphatic rings. The van der Waals surface area contributed by atoms with Gasteiger partial charge in [-0.2, -0.15) is 0 Å². The zero-order chi connectivity index (χ0) is 13.1. The lowest BCUT2D eigenvalue weighted by Crippen LogP contribution is -1.97. The molecule has 0 saturated heterocycles. The molecule has 18 heavy (non-hydrogen) atoms. The van der Waals surface area contributed by atoms with Crippen LogP contribution in [-0.4, -0.2) is 27.0 Å². The molecule has 0 unspecified atom stereocenters. The zero-order valence-electron chi connectivity index (χ0n) is 8.76. The zero-order valence-corrected chi connectivity index (χ0v) is 11.9. The molecule has 1 aromatic carbocycles. The predicted molar refractivity (Wildman–Crippen MR) is 70.8 cm³/mol. The Balaban J connectivity index is 2.23. The van der Waals surface area contributed by atoms with Gasteiger partial charge in [0.2, 0.25) is 5.89 Å². The van der Waals surface area contributed by atoms with Gasteiger partial charge in [-0.25, -0.2) is 0 Å². The molecule has 1 heterocycles. The van der Waals surface area contributed by atoms with Crippen molar-refractivity contribution in [1.29, 1.82) is 0 Å². The smallest absolute Gasteiger partial charge is 0.314 e. The van der Waals surface area contributed by atoms with Gasteiger partial charge in [-0.15, -0.1) is 10.2 Å². The van der Waals surface area contributed by atoms with Crippen LogP contribution in [0.3, 0.4) is 0 Å². The molecule has 0 fully saturated rings. The van der Waals surface area contributed by atoms with E-state index in [0.29, 0.717) is 10.6 Å². The number of hydrogen-bond acceptors (Lipinski definition) is 5. The number of halogens is 2. The summed E-state index contributed by atoms with van der Waals surface area (Å²) in [7, 11) is 0. The van der Waals surface area contributed by atoms with Crippen molar-refractivity contribution in [3.8, 4) is 11.5 Å². The third kappa shape index (κ3) is 3.24. The van der Waals surface area contributed by atoms with Gasteiger partial charge in [0, 0.05) is 9.50 Å². The van der Waals surface area contributed by atoms with Gasteiger partial charge in [0.05, 0.1) is 5.56 Å². The Bertz CT molecular complexity index is 590. The minimum absolute atomic E-state index is 0.127. The third-order valence-electron chi connectivity index (χ3n) is 1.88. The van der Waals surface area contributed by atoms with Gasteiger partial charge in [0.25, 0.3) is 5.22 Å². The van der Waals surface area contributed by atoms with Gasteiger partial charge in [0.1, 0.15) is 5.75 Å². The molecule has 0 radical (unpaired) electrons. The van der Waals surface area contributed by atoms with Gasteiger partial charge in [0.15, 0.2) is 0 Å². The van der Waals surface area contributed by atoms with E-state index in [1.54, 1.807) is 18.2 Å². The molecule has 8 heteroatoms. The molecule has 0 bridgehead atoms. The molecule has 5 nitrogen and oxygen atoms in total. The lowest BCUT2D eigenvalue weighted by atomic mass is 10.2. The Morgan fingerprint density at radius 1 is 1.50 bits per heavy atom. The van der Waals surface area contributed by atoms with Crippen LogP contribution >= 0.6 is 39.3 Å². The molecule has 0 saturated carbocycles. The predicted octanol–water partition coefficient (Wildman–Crippen LogP) is 3.33. The summed E-state index contributed by atoms with van der Waals surface area (Å²) < 4.78 is 6.11. The van der Waals surface area contributed by atoms with Crippen molar-refractivity contribution in [3.63, 3.8) is 0 Å². The number of nitrogens with zero attached hydrogens (tertiary/aromatic N) is 2. The van der Waals surface area contributed by atoms with Crippen molar-refractivity contribution >= 4 is 45.3 Å². The van der Waals surface area contributed by atoms with Gasteiger partial charge < -0.3 is 9.52 Å². The topological polar surface area (TPSA) is 76.2 Å². The molecular formula is C10H6BrClN2O3S. The first kappa shape index (κ1) is 13.4. The number of carbonyl (C=O) groups is 1. The summed E-state index contributed by atoms with van der Waals surface area (Å²) >= 11 is 10.2. The summed E-state index contributed by atoms with van der Waals surface area (Å²) in [5.41, 5.74) is 0.664. The molecule has 2 aromatic rings. The standard InChI is InChI=1S/C10H6BrClN2O3S/c11-7-2-1-5(12)3-6(7)9-13-14-10(17-9)18-4-8(15)16/h1-3H,4H2,(H,15,16). The molecular weight excluding hydrogens is 344 g/mol. The quantitative estimate of drug-likeness (QED) is 0.853. The van der Waals surface area contributed by atoms with E-state index in [0.717, 1.165) is 16.2 Å². The Morgan fingerprint density at radius 3 is 3.00 bits per heavy atom. The minimum atomic E-state index is -0.941. The fourth-order valence-electron chi connectivity index (χ4n) is 1.16.